The molecule has 0 saturated heterocycles. The normalized spacial score (nSPS) is 11.0. The van der Waals surface area contributed by atoms with Crippen molar-refractivity contribution in [3.05, 3.63) is 63.8 Å². The summed E-state index contributed by atoms with van der Waals surface area (Å²) < 4.78 is 6.17. The van der Waals surface area contributed by atoms with Gasteiger partial charge in [0.2, 0.25) is 0 Å². The quantitative estimate of drug-likeness (QED) is 0.701. The van der Waals surface area contributed by atoms with Crippen LogP contribution in [0, 0.1) is 0 Å². The summed E-state index contributed by atoms with van der Waals surface area (Å²) in [7, 11) is 0. The molecule has 1 aromatic heterocycles. The average Bonchev–Trinajstić information content (AvgIpc) is 2.88. The van der Waals surface area contributed by atoms with Crippen molar-refractivity contribution in [1.82, 2.24) is 0 Å². The fourth-order valence-corrected chi connectivity index (χ4v) is 2.87. The highest BCUT2D eigenvalue weighted by Crippen LogP contribution is 2.33. The molecular weight excluding hydrogens is 332 g/mol. The third-order valence-electron chi connectivity index (χ3n) is 3.44. The number of ketones is 1. The van der Waals surface area contributed by atoms with E-state index in [1.54, 1.807) is 12.1 Å². The molecule has 21 heavy (non-hydrogen) atoms. The Balaban J connectivity index is 2.24. The number of carbonyl (C=O) groups is 1. The third kappa shape index (κ3) is 2.25. The fourth-order valence-electron chi connectivity index (χ4n) is 2.42. The number of para-hydroxylation sites is 1. The molecule has 3 nitrogen and oxygen atoms in total. The number of benzene rings is 2. The van der Waals surface area contributed by atoms with Crippen LogP contribution in [0.1, 0.15) is 28.6 Å². The molecule has 0 unspecified atom stereocenters. The Hall–Kier alpha value is -2.07. The predicted molar refractivity (Wildman–Crippen MR) is 84.8 cm³/mol. The summed E-state index contributed by atoms with van der Waals surface area (Å²) in [5, 5.41) is 10.6. The number of phenolic OH excluding ortho intramolecular Hbond substituents is 1. The number of furan rings is 1. The van der Waals surface area contributed by atoms with E-state index in [9.17, 15) is 9.90 Å². The largest absolute Gasteiger partial charge is 0.507 e. The van der Waals surface area contributed by atoms with Gasteiger partial charge in [-0.3, -0.25) is 4.79 Å². The van der Waals surface area contributed by atoms with Crippen LogP contribution in [0.3, 0.4) is 0 Å². The summed E-state index contributed by atoms with van der Waals surface area (Å²) in [6.07, 6.45) is 0.631. The summed E-state index contributed by atoms with van der Waals surface area (Å²) in [6.45, 7) is 1.95. The zero-order chi connectivity index (χ0) is 15.0. The number of aromatic hydroxyl groups is 1. The van der Waals surface area contributed by atoms with Crippen molar-refractivity contribution >= 4 is 32.7 Å². The predicted octanol–water partition coefficient (Wildman–Crippen LogP) is 4.69. The van der Waals surface area contributed by atoms with Crippen molar-refractivity contribution < 1.29 is 14.3 Å². The molecule has 0 aliphatic carbocycles. The van der Waals surface area contributed by atoms with Gasteiger partial charge in [-0.25, -0.2) is 0 Å². The molecule has 0 radical (unpaired) electrons. The summed E-state index contributed by atoms with van der Waals surface area (Å²) in [6, 6.07) is 12.4. The minimum absolute atomic E-state index is 0.0479. The van der Waals surface area contributed by atoms with Crippen molar-refractivity contribution in [2.75, 3.05) is 0 Å². The molecule has 0 aliphatic heterocycles. The van der Waals surface area contributed by atoms with E-state index in [1.165, 1.54) is 6.07 Å². The maximum absolute atomic E-state index is 12.9. The number of aryl methyl sites for hydroxylation is 1. The number of carbonyl (C=O) groups excluding carboxylic acids is 1. The summed E-state index contributed by atoms with van der Waals surface area (Å²) >= 11 is 3.28. The van der Waals surface area contributed by atoms with Crippen molar-refractivity contribution in [2.45, 2.75) is 13.3 Å². The number of hydrogen-bond donors (Lipinski definition) is 1. The molecule has 0 atom stereocenters. The van der Waals surface area contributed by atoms with Gasteiger partial charge in [0.25, 0.3) is 0 Å². The van der Waals surface area contributed by atoms with Gasteiger partial charge in [-0.15, -0.1) is 0 Å². The van der Waals surface area contributed by atoms with E-state index in [4.69, 9.17) is 4.42 Å². The number of fused-ring (bicyclic) bond motifs is 1. The van der Waals surface area contributed by atoms with Crippen LogP contribution >= 0.6 is 15.9 Å². The first-order chi connectivity index (χ1) is 10.1. The highest BCUT2D eigenvalue weighted by Gasteiger charge is 2.23. The van der Waals surface area contributed by atoms with Gasteiger partial charge in [0.15, 0.2) is 5.78 Å². The lowest BCUT2D eigenvalue weighted by Crippen LogP contribution is -2.04. The molecule has 0 aliphatic rings. The van der Waals surface area contributed by atoms with Crippen molar-refractivity contribution in [2.24, 2.45) is 0 Å². The summed E-state index contributed by atoms with van der Waals surface area (Å²) in [5.41, 5.74) is 1.70. The van der Waals surface area contributed by atoms with Crippen LogP contribution in [-0.4, -0.2) is 10.9 Å². The van der Waals surface area contributed by atoms with E-state index in [1.807, 2.05) is 31.2 Å². The highest BCUT2D eigenvalue weighted by molar-refractivity contribution is 9.10. The Kier molecular flexibility index (Phi) is 3.55. The molecule has 3 rings (SSSR count). The topological polar surface area (TPSA) is 50.4 Å². The zero-order valence-corrected chi connectivity index (χ0v) is 13.0. The second-order valence-corrected chi connectivity index (χ2v) is 5.51. The number of rotatable bonds is 3. The van der Waals surface area contributed by atoms with Crippen LogP contribution < -0.4 is 0 Å². The van der Waals surface area contributed by atoms with Crippen LogP contribution in [0.4, 0.5) is 0 Å². The summed E-state index contributed by atoms with van der Waals surface area (Å²) in [5.74, 6) is 0.558. The molecule has 1 heterocycles. The molecule has 0 spiro atoms. The van der Waals surface area contributed by atoms with Crippen molar-refractivity contribution in [3.63, 3.8) is 0 Å². The molecular formula is C17H13BrO3. The Morgan fingerprint density at radius 3 is 2.71 bits per heavy atom. The maximum atomic E-state index is 12.9. The standard InChI is InChI=1S/C17H13BrO3/c1-2-13-15(10-6-3-4-9-14(10)21-13)17(20)11-7-5-8-12(19)16(11)18/h3-9,19H,2H2,1H3. The van der Waals surface area contributed by atoms with Crippen molar-refractivity contribution in [3.8, 4) is 5.75 Å². The molecule has 2 aromatic carbocycles. The number of halogens is 1. The average molecular weight is 345 g/mol. The lowest BCUT2D eigenvalue weighted by Gasteiger charge is -2.05. The van der Waals surface area contributed by atoms with Crippen LogP contribution in [0.15, 0.2) is 51.4 Å². The minimum atomic E-state index is -0.153. The van der Waals surface area contributed by atoms with Gasteiger partial charge in [-0.1, -0.05) is 31.2 Å². The zero-order valence-electron chi connectivity index (χ0n) is 11.4. The summed E-state index contributed by atoms with van der Waals surface area (Å²) in [4.78, 5) is 12.9. The Labute approximate surface area is 130 Å². The smallest absolute Gasteiger partial charge is 0.198 e. The van der Waals surface area contributed by atoms with E-state index in [-0.39, 0.29) is 11.5 Å². The molecule has 4 heteroatoms. The first-order valence-electron chi connectivity index (χ1n) is 6.66. The third-order valence-corrected chi connectivity index (χ3v) is 4.27. The molecule has 1 N–H and O–H groups in total. The molecule has 0 amide bonds. The van der Waals surface area contributed by atoms with Gasteiger partial charge >= 0.3 is 0 Å². The number of hydrogen-bond acceptors (Lipinski definition) is 3. The van der Waals surface area contributed by atoms with Gasteiger partial charge in [0.05, 0.1) is 10.0 Å². The van der Waals surface area contributed by atoms with E-state index in [2.05, 4.69) is 15.9 Å². The maximum Gasteiger partial charge on any atom is 0.198 e. The van der Waals surface area contributed by atoms with Gasteiger partial charge < -0.3 is 9.52 Å². The molecule has 0 fully saturated rings. The second kappa shape index (κ2) is 5.37. The first-order valence-corrected chi connectivity index (χ1v) is 7.45. The molecule has 3 aromatic rings. The van der Waals surface area contributed by atoms with E-state index in [0.717, 1.165) is 5.39 Å². The molecule has 106 valence electrons. The minimum Gasteiger partial charge on any atom is -0.507 e. The van der Waals surface area contributed by atoms with Gasteiger partial charge in [-0.05, 0) is 34.1 Å². The van der Waals surface area contributed by atoms with Crippen LogP contribution in [-0.2, 0) is 6.42 Å². The van der Waals surface area contributed by atoms with Gasteiger partial charge in [0.1, 0.15) is 17.1 Å². The van der Waals surface area contributed by atoms with Gasteiger partial charge in [-0.2, -0.15) is 0 Å². The second-order valence-electron chi connectivity index (χ2n) is 4.72. The van der Waals surface area contributed by atoms with Gasteiger partial charge in [0, 0.05) is 17.4 Å². The van der Waals surface area contributed by atoms with E-state index >= 15 is 0 Å². The SMILES string of the molecule is CCc1oc2ccccc2c1C(=O)c1cccc(O)c1Br. The number of phenols is 1. The fraction of sp³-hybridized carbons (Fsp3) is 0.118. The molecule has 0 saturated carbocycles. The molecule has 0 bridgehead atoms. The highest BCUT2D eigenvalue weighted by atomic mass is 79.9. The Bertz CT molecular complexity index is 833. The van der Waals surface area contributed by atoms with Crippen molar-refractivity contribution in [1.29, 1.82) is 0 Å². The van der Waals surface area contributed by atoms with Crippen LogP contribution in [0.2, 0.25) is 0 Å². The van der Waals surface area contributed by atoms with E-state index in [0.29, 0.717) is 33.4 Å². The lowest BCUT2D eigenvalue weighted by atomic mass is 9.99. The monoisotopic (exact) mass is 344 g/mol. The Morgan fingerprint density at radius 1 is 1.19 bits per heavy atom. The lowest BCUT2D eigenvalue weighted by molar-refractivity contribution is 0.103. The van der Waals surface area contributed by atoms with Crippen LogP contribution in [0.5, 0.6) is 5.75 Å². The Morgan fingerprint density at radius 2 is 1.95 bits per heavy atom. The van der Waals surface area contributed by atoms with Crippen LogP contribution in [0.25, 0.3) is 11.0 Å². The first kappa shape index (κ1) is 13.9. The van der Waals surface area contributed by atoms with E-state index < -0.39 is 0 Å².